The summed E-state index contributed by atoms with van der Waals surface area (Å²) >= 11 is 0. The highest BCUT2D eigenvalue weighted by Crippen LogP contribution is 2.31. The van der Waals surface area contributed by atoms with E-state index in [1.54, 1.807) is 42.7 Å². The minimum Gasteiger partial charge on any atom is -0.361 e. The Morgan fingerprint density at radius 3 is 1.55 bits per heavy atom. The summed E-state index contributed by atoms with van der Waals surface area (Å²) in [7, 11) is 0. The number of aromatic nitrogens is 2. The van der Waals surface area contributed by atoms with E-state index >= 15 is 0 Å². The van der Waals surface area contributed by atoms with Crippen LogP contribution in [-0.4, -0.2) is 16.1 Å². The van der Waals surface area contributed by atoms with Gasteiger partial charge in [-0.3, -0.25) is 4.98 Å². The molecule has 0 saturated carbocycles. The lowest BCUT2D eigenvalue weighted by Crippen LogP contribution is -2.05. The molecule has 0 spiro atoms. The summed E-state index contributed by atoms with van der Waals surface area (Å²) in [6.07, 6.45) is -2.76. The summed E-state index contributed by atoms with van der Waals surface area (Å²) in [5.74, 6) is 0.271. The van der Waals surface area contributed by atoms with Gasteiger partial charge >= 0.3 is 18.5 Å². The number of carbonyl (C=O) groups excluding carboxylic acids is 2. The number of benzene rings is 2. The average Bonchev–Trinajstić information content (AvgIpc) is 2.90. The van der Waals surface area contributed by atoms with Crippen LogP contribution in [0.25, 0.3) is 4.85 Å². The predicted molar refractivity (Wildman–Crippen MR) is 135 cm³/mol. The molecule has 0 bridgehead atoms. The molecule has 5 nitrogen and oxygen atoms in total. The summed E-state index contributed by atoms with van der Waals surface area (Å²) in [5.41, 5.74) is 1.59. The fraction of sp³-hybridized carbons (Fsp3) is 0.143. The molecule has 0 N–H and O–H groups in total. The largest absolute Gasteiger partial charge is 0.416 e. The molecule has 40 heavy (non-hydrogen) atoms. The van der Waals surface area contributed by atoms with Gasteiger partial charge in [-0.05, 0) is 52.9 Å². The zero-order valence-electron chi connectivity index (χ0n) is 20.4. The van der Waals surface area contributed by atoms with Gasteiger partial charge in [0.25, 0.3) is 5.82 Å². The quantitative estimate of drug-likeness (QED) is 0.183. The van der Waals surface area contributed by atoms with E-state index in [9.17, 15) is 26.3 Å². The van der Waals surface area contributed by atoms with Gasteiger partial charge in [0.15, 0.2) is 0 Å². The van der Waals surface area contributed by atoms with E-state index in [1.165, 1.54) is 24.4 Å². The predicted octanol–water partition coefficient (Wildman–Crippen LogP) is 7.77. The van der Waals surface area contributed by atoms with Gasteiger partial charge in [-0.1, -0.05) is 55.1 Å². The number of nitrogens with zero attached hydrogens (tertiary/aromatic N) is 3. The lowest BCUT2D eigenvalue weighted by Gasteiger charge is -2.08. The Bertz CT molecular complexity index is 1420. The Balaban J connectivity index is 0.000000358. The van der Waals surface area contributed by atoms with Crippen LogP contribution in [0.5, 0.6) is 0 Å². The highest BCUT2D eigenvalue weighted by atomic mass is 35.5. The van der Waals surface area contributed by atoms with Gasteiger partial charge in [0.05, 0.1) is 11.1 Å². The van der Waals surface area contributed by atoms with Crippen molar-refractivity contribution in [1.29, 1.82) is 0 Å². The third-order valence-corrected chi connectivity index (χ3v) is 4.97. The van der Waals surface area contributed by atoms with Crippen LogP contribution in [-0.2, 0) is 34.8 Å². The van der Waals surface area contributed by atoms with Crippen LogP contribution in [0.4, 0.5) is 32.2 Å². The number of halogens is 7. The molecular formula is C28H20ClF6N3O2. The molecule has 12 heteroatoms. The van der Waals surface area contributed by atoms with Gasteiger partial charge in [-0.2, -0.15) is 35.9 Å². The summed E-state index contributed by atoms with van der Waals surface area (Å²) in [4.78, 5) is 27.2. The summed E-state index contributed by atoms with van der Waals surface area (Å²) in [5, 5.41) is 0. The summed E-state index contributed by atoms with van der Waals surface area (Å²) in [6.45, 7) is 6.77. The Morgan fingerprint density at radius 2 is 1.18 bits per heavy atom. The maximum atomic E-state index is 12.6. The van der Waals surface area contributed by atoms with Crippen LogP contribution >= 0.6 is 12.4 Å². The Labute approximate surface area is 231 Å². The molecule has 0 aliphatic carbocycles. The van der Waals surface area contributed by atoms with Crippen LogP contribution in [0.2, 0.25) is 0 Å². The van der Waals surface area contributed by atoms with Crippen LogP contribution < -0.4 is 0 Å². The molecule has 4 aromatic rings. The Kier molecular flexibility index (Phi) is 13.2. The topological polar surface area (TPSA) is 64.3 Å². The van der Waals surface area contributed by atoms with Crippen LogP contribution in [0.3, 0.4) is 0 Å². The third kappa shape index (κ3) is 11.5. The number of rotatable bonds is 4. The first-order valence-electron chi connectivity index (χ1n) is 11.0. The molecule has 0 atom stereocenters. The highest BCUT2D eigenvalue weighted by Gasteiger charge is 2.31. The van der Waals surface area contributed by atoms with Crippen molar-refractivity contribution in [2.75, 3.05) is 0 Å². The average molecular weight is 580 g/mol. The first-order chi connectivity index (χ1) is 18.5. The van der Waals surface area contributed by atoms with E-state index in [0.29, 0.717) is 24.0 Å². The summed E-state index contributed by atoms with van der Waals surface area (Å²) < 4.78 is 75.2. The van der Waals surface area contributed by atoms with Crippen molar-refractivity contribution in [3.63, 3.8) is 0 Å². The van der Waals surface area contributed by atoms with Gasteiger partial charge in [0, 0.05) is 18.8 Å². The molecule has 4 rings (SSSR count). The second-order valence-corrected chi connectivity index (χ2v) is 7.83. The molecule has 0 aliphatic heterocycles. The lowest BCUT2D eigenvalue weighted by molar-refractivity contribution is -0.191. The van der Waals surface area contributed by atoms with Crippen molar-refractivity contribution in [1.82, 2.24) is 9.97 Å². The van der Waals surface area contributed by atoms with E-state index in [1.807, 2.05) is 6.07 Å². The standard InChI is InChI=1S/C14H9F3N2.C13H10F3N.CO2.ClH/c1-18-13-6-5-11(9-19-13)7-10-3-2-4-12(8-10)14(15,16)17;14-13(15,16)12-5-1-3-10(8-12)7-11-4-2-6-17-9-11;2-1-3;/h2-6,8-9H,7H2;1-6,8-9H,7H2;;1H. The fourth-order valence-electron chi connectivity index (χ4n) is 3.28. The maximum Gasteiger partial charge on any atom is 0.416 e. The van der Waals surface area contributed by atoms with Crippen molar-refractivity contribution in [2.45, 2.75) is 25.2 Å². The van der Waals surface area contributed by atoms with Gasteiger partial charge in [0.1, 0.15) is 6.20 Å². The van der Waals surface area contributed by atoms with E-state index in [0.717, 1.165) is 29.3 Å². The smallest absolute Gasteiger partial charge is 0.361 e. The van der Waals surface area contributed by atoms with Crippen LogP contribution in [0.1, 0.15) is 33.4 Å². The van der Waals surface area contributed by atoms with Crippen molar-refractivity contribution < 1.29 is 35.9 Å². The fourth-order valence-corrected chi connectivity index (χ4v) is 3.28. The molecule has 208 valence electrons. The van der Waals surface area contributed by atoms with E-state index in [-0.39, 0.29) is 24.4 Å². The Morgan fingerprint density at radius 1 is 0.700 bits per heavy atom. The number of pyridine rings is 2. The normalized spacial score (nSPS) is 10.3. The number of hydrogen-bond acceptors (Lipinski definition) is 4. The molecule has 0 amide bonds. The van der Waals surface area contributed by atoms with Gasteiger partial charge in [0.2, 0.25) is 0 Å². The monoisotopic (exact) mass is 579 g/mol. The molecular weight excluding hydrogens is 560 g/mol. The molecule has 2 aromatic heterocycles. The SMILES string of the molecule is Cl.FC(F)(F)c1cccc(Cc2cccnc2)c1.O=C=O.[C-]#[N+]c1ccc(Cc2cccc(C(F)(F)F)c2)cn1. The molecule has 0 saturated heterocycles. The first kappa shape index (κ1) is 33.5. The molecule has 2 aromatic carbocycles. The van der Waals surface area contributed by atoms with Crippen molar-refractivity contribution in [3.05, 3.63) is 136 Å². The van der Waals surface area contributed by atoms with Gasteiger partial charge < -0.3 is 4.85 Å². The molecule has 0 unspecified atom stereocenters. The molecule has 2 heterocycles. The first-order valence-corrected chi connectivity index (χ1v) is 11.0. The van der Waals surface area contributed by atoms with Crippen molar-refractivity contribution in [2.24, 2.45) is 0 Å². The van der Waals surface area contributed by atoms with E-state index in [4.69, 9.17) is 16.2 Å². The highest BCUT2D eigenvalue weighted by molar-refractivity contribution is 5.85. The second-order valence-electron chi connectivity index (χ2n) is 7.83. The van der Waals surface area contributed by atoms with E-state index in [2.05, 4.69) is 14.8 Å². The van der Waals surface area contributed by atoms with Crippen LogP contribution in [0, 0.1) is 6.57 Å². The molecule has 0 aliphatic rings. The third-order valence-electron chi connectivity index (χ3n) is 4.97. The van der Waals surface area contributed by atoms with Crippen molar-refractivity contribution >= 4 is 24.4 Å². The molecule has 0 fully saturated rings. The lowest BCUT2D eigenvalue weighted by atomic mass is 10.0. The zero-order chi connectivity index (χ0) is 28.9. The summed E-state index contributed by atoms with van der Waals surface area (Å²) in [6, 6.07) is 17.4. The van der Waals surface area contributed by atoms with Crippen molar-refractivity contribution in [3.8, 4) is 0 Å². The maximum absolute atomic E-state index is 12.6. The Hall–Kier alpha value is -4.52. The number of alkyl halides is 6. The van der Waals surface area contributed by atoms with Gasteiger partial charge in [-0.25, -0.2) is 0 Å². The minimum absolute atomic E-state index is 0. The van der Waals surface area contributed by atoms with Gasteiger partial charge in [-0.15, -0.1) is 17.4 Å². The van der Waals surface area contributed by atoms with Crippen LogP contribution in [0.15, 0.2) is 91.4 Å². The minimum atomic E-state index is -4.33. The number of hydrogen-bond donors (Lipinski definition) is 0. The molecule has 0 radical (unpaired) electrons. The van der Waals surface area contributed by atoms with E-state index < -0.39 is 23.5 Å². The zero-order valence-corrected chi connectivity index (χ0v) is 21.2. The second kappa shape index (κ2) is 15.8.